The molecule has 1 N–H and O–H groups in total. The van der Waals surface area contributed by atoms with Crippen LogP contribution in [0.3, 0.4) is 0 Å². The number of benzene rings is 1. The number of carbonyl (C=O) groups is 2. The van der Waals surface area contributed by atoms with E-state index in [1.807, 2.05) is 44.0 Å². The zero-order valence-corrected chi connectivity index (χ0v) is 13.6. The van der Waals surface area contributed by atoms with Crippen molar-refractivity contribution >= 4 is 17.6 Å². The molecule has 0 unspecified atom stereocenters. The van der Waals surface area contributed by atoms with E-state index in [4.69, 9.17) is 4.74 Å². The third-order valence-electron chi connectivity index (χ3n) is 3.99. The Hall–Kier alpha value is -2.04. The number of para-hydroxylation sites is 1. The fraction of sp³-hybridized carbons (Fsp3) is 0.529. The van der Waals surface area contributed by atoms with Crippen LogP contribution in [0.5, 0.6) is 0 Å². The largest absolute Gasteiger partial charge is 0.464 e. The summed E-state index contributed by atoms with van der Waals surface area (Å²) in [5, 5.41) is 3.02. The van der Waals surface area contributed by atoms with Crippen molar-refractivity contribution in [1.82, 2.24) is 5.32 Å². The topological polar surface area (TPSA) is 58.6 Å². The maximum absolute atomic E-state index is 12.6. The van der Waals surface area contributed by atoms with E-state index in [0.717, 1.165) is 11.3 Å². The number of rotatable bonds is 3. The van der Waals surface area contributed by atoms with Gasteiger partial charge in [0.15, 0.2) is 0 Å². The molecule has 5 heteroatoms. The molecule has 0 aromatic heterocycles. The van der Waals surface area contributed by atoms with Gasteiger partial charge in [0.25, 0.3) is 0 Å². The number of carbonyl (C=O) groups excluding carboxylic acids is 2. The van der Waals surface area contributed by atoms with Crippen molar-refractivity contribution in [2.75, 3.05) is 18.6 Å². The van der Waals surface area contributed by atoms with Crippen LogP contribution in [0.1, 0.15) is 26.3 Å². The molecule has 1 aromatic rings. The van der Waals surface area contributed by atoms with Gasteiger partial charge in [-0.15, -0.1) is 0 Å². The second-order valence-corrected chi connectivity index (χ2v) is 6.14. The lowest BCUT2D eigenvalue weighted by molar-refractivity contribution is -0.142. The highest BCUT2D eigenvalue weighted by atomic mass is 16.5. The van der Waals surface area contributed by atoms with Gasteiger partial charge in [-0.2, -0.15) is 0 Å². The van der Waals surface area contributed by atoms with E-state index < -0.39 is 0 Å². The Kier molecular flexibility index (Phi) is 5.06. The molecule has 0 spiro atoms. The first kappa shape index (κ1) is 16.3. The molecule has 1 amide bonds. The lowest BCUT2D eigenvalue weighted by Crippen LogP contribution is -2.54. The first-order chi connectivity index (χ1) is 10.4. The average molecular weight is 304 g/mol. The molecule has 1 heterocycles. The molecule has 2 atom stereocenters. The second-order valence-electron chi connectivity index (χ2n) is 6.14. The van der Waals surface area contributed by atoms with Gasteiger partial charge >= 0.3 is 5.97 Å². The number of likely N-dealkylation sites (N-methyl/N-ethyl adjacent to an activating group) is 1. The van der Waals surface area contributed by atoms with Crippen LogP contribution in [-0.4, -0.2) is 37.6 Å². The van der Waals surface area contributed by atoms with Gasteiger partial charge in [-0.25, -0.2) is 0 Å². The molecule has 1 aliphatic heterocycles. The molecule has 22 heavy (non-hydrogen) atoms. The number of ether oxygens (including phenoxy) is 1. The van der Waals surface area contributed by atoms with Crippen LogP contribution in [-0.2, 0) is 20.7 Å². The van der Waals surface area contributed by atoms with E-state index in [9.17, 15) is 9.59 Å². The molecule has 1 aliphatic rings. The van der Waals surface area contributed by atoms with E-state index in [2.05, 4.69) is 11.4 Å². The number of hydrogen-bond donors (Lipinski definition) is 1. The first-order valence-electron chi connectivity index (χ1n) is 7.64. The molecule has 1 aromatic carbocycles. The van der Waals surface area contributed by atoms with Crippen LogP contribution in [0, 0.1) is 5.92 Å². The second kappa shape index (κ2) is 6.81. The minimum absolute atomic E-state index is 0.0239. The number of nitrogens with zero attached hydrogens (tertiary/aromatic N) is 1. The van der Waals surface area contributed by atoms with Crippen LogP contribution >= 0.6 is 0 Å². The molecule has 120 valence electrons. The minimum atomic E-state index is -0.331. The van der Waals surface area contributed by atoms with Gasteiger partial charge in [0, 0.05) is 19.7 Å². The van der Waals surface area contributed by atoms with Gasteiger partial charge in [-0.05, 0) is 24.0 Å². The number of fused-ring (bicyclic) bond motifs is 1. The Balaban J connectivity index is 2.34. The van der Waals surface area contributed by atoms with Crippen LogP contribution in [0.15, 0.2) is 24.3 Å². The molecule has 0 fully saturated rings. The Morgan fingerprint density at radius 2 is 2.09 bits per heavy atom. The van der Waals surface area contributed by atoms with Crippen LogP contribution in [0.4, 0.5) is 5.69 Å². The van der Waals surface area contributed by atoms with Crippen molar-refractivity contribution in [2.24, 2.45) is 5.92 Å². The summed E-state index contributed by atoms with van der Waals surface area (Å²) in [6, 6.07) is 7.61. The molecule has 5 nitrogen and oxygen atoms in total. The van der Waals surface area contributed by atoms with Gasteiger partial charge in [0.1, 0.15) is 12.6 Å². The van der Waals surface area contributed by atoms with E-state index in [-0.39, 0.29) is 36.5 Å². The summed E-state index contributed by atoms with van der Waals surface area (Å²) < 4.78 is 5.10. The average Bonchev–Trinajstić information content (AvgIpc) is 2.43. The molecule has 2 rings (SSSR count). The fourth-order valence-corrected chi connectivity index (χ4v) is 3.02. The highest BCUT2D eigenvalue weighted by Crippen LogP contribution is 2.27. The third kappa shape index (κ3) is 3.59. The lowest BCUT2D eigenvalue weighted by atomic mass is 9.95. The summed E-state index contributed by atoms with van der Waals surface area (Å²) in [5.41, 5.74) is 2.21. The summed E-state index contributed by atoms with van der Waals surface area (Å²) in [4.78, 5) is 25.7. The number of amides is 1. The van der Waals surface area contributed by atoms with Gasteiger partial charge in [-0.3, -0.25) is 9.59 Å². The Morgan fingerprint density at radius 3 is 2.73 bits per heavy atom. The molecule has 0 saturated heterocycles. The number of hydrogen-bond acceptors (Lipinski definition) is 4. The first-order valence-corrected chi connectivity index (χ1v) is 7.64. The number of nitrogens with one attached hydrogen (secondary N) is 1. The summed E-state index contributed by atoms with van der Waals surface area (Å²) >= 11 is 0. The molecule has 0 saturated carbocycles. The SMILES string of the molecule is CC(=O)OC[C@@H]1Cc2ccccc2N(C)[C@@H](C(C)C)C(=O)N1. The van der Waals surface area contributed by atoms with Gasteiger partial charge in [0.2, 0.25) is 5.91 Å². The summed E-state index contributed by atoms with van der Waals surface area (Å²) in [5.74, 6) is -0.184. The summed E-state index contributed by atoms with van der Waals surface area (Å²) in [7, 11) is 1.95. The maximum atomic E-state index is 12.6. The Bertz CT molecular complexity index is 557. The molecule has 0 radical (unpaired) electrons. The molecule has 0 aliphatic carbocycles. The Morgan fingerprint density at radius 1 is 1.41 bits per heavy atom. The number of anilines is 1. The van der Waals surface area contributed by atoms with Crippen LogP contribution in [0.25, 0.3) is 0 Å². The quantitative estimate of drug-likeness (QED) is 0.864. The van der Waals surface area contributed by atoms with Gasteiger partial charge < -0.3 is 15.0 Å². The summed E-state index contributed by atoms with van der Waals surface area (Å²) in [6.07, 6.45) is 0.643. The normalized spacial score (nSPS) is 21.7. The van der Waals surface area contributed by atoms with Crippen molar-refractivity contribution in [3.05, 3.63) is 29.8 Å². The third-order valence-corrected chi connectivity index (χ3v) is 3.99. The van der Waals surface area contributed by atoms with E-state index in [1.54, 1.807) is 0 Å². The number of esters is 1. The minimum Gasteiger partial charge on any atom is -0.464 e. The predicted molar refractivity (Wildman–Crippen MR) is 85.7 cm³/mol. The van der Waals surface area contributed by atoms with Crippen molar-refractivity contribution in [3.8, 4) is 0 Å². The molecular weight excluding hydrogens is 280 g/mol. The maximum Gasteiger partial charge on any atom is 0.302 e. The molecule has 0 bridgehead atoms. The zero-order valence-electron chi connectivity index (χ0n) is 13.6. The standard InChI is InChI=1S/C17H24N2O3/c1-11(2)16-17(21)18-14(10-22-12(3)20)9-13-7-5-6-8-15(13)19(16)4/h5-8,11,14,16H,9-10H2,1-4H3,(H,18,21)/t14-,16-/m0/s1. The zero-order chi connectivity index (χ0) is 16.3. The van der Waals surface area contributed by atoms with Crippen molar-refractivity contribution in [3.63, 3.8) is 0 Å². The highest BCUT2D eigenvalue weighted by molar-refractivity contribution is 5.86. The van der Waals surface area contributed by atoms with Gasteiger partial charge in [0.05, 0.1) is 6.04 Å². The van der Waals surface area contributed by atoms with Gasteiger partial charge in [-0.1, -0.05) is 32.0 Å². The molecular formula is C17H24N2O3. The lowest BCUT2D eigenvalue weighted by Gasteiger charge is -2.37. The Labute approximate surface area is 131 Å². The summed E-state index contributed by atoms with van der Waals surface area (Å²) in [6.45, 7) is 5.64. The van der Waals surface area contributed by atoms with Crippen LogP contribution in [0.2, 0.25) is 0 Å². The predicted octanol–water partition coefficient (Wildman–Crippen LogP) is 1.75. The highest BCUT2D eigenvalue weighted by Gasteiger charge is 2.32. The van der Waals surface area contributed by atoms with E-state index >= 15 is 0 Å². The van der Waals surface area contributed by atoms with Crippen molar-refractivity contribution in [1.29, 1.82) is 0 Å². The fourth-order valence-electron chi connectivity index (χ4n) is 3.02. The smallest absolute Gasteiger partial charge is 0.302 e. The van der Waals surface area contributed by atoms with Crippen molar-refractivity contribution < 1.29 is 14.3 Å². The van der Waals surface area contributed by atoms with E-state index in [0.29, 0.717) is 6.42 Å². The monoisotopic (exact) mass is 304 g/mol. The van der Waals surface area contributed by atoms with E-state index in [1.165, 1.54) is 6.92 Å². The van der Waals surface area contributed by atoms with Crippen LogP contribution < -0.4 is 10.2 Å². The van der Waals surface area contributed by atoms with Crippen molar-refractivity contribution in [2.45, 2.75) is 39.3 Å².